The fourth-order valence-electron chi connectivity index (χ4n) is 3.45. The van der Waals surface area contributed by atoms with Crippen molar-refractivity contribution < 1.29 is 24.3 Å². The number of nitrogens with one attached hydrogen (secondary N) is 2. The predicted molar refractivity (Wildman–Crippen MR) is 93.6 cm³/mol. The third kappa shape index (κ3) is 4.01. The lowest BCUT2D eigenvalue weighted by molar-refractivity contribution is -0.141. The van der Waals surface area contributed by atoms with Crippen LogP contribution in [-0.2, 0) is 19.2 Å². The Labute approximate surface area is 150 Å². The Balaban J connectivity index is 1.52. The maximum Gasteiger partial charge on any atom is 0.306 e. The minimum Gasteiger partial charge on any atom is -0.481 e. The number of carboxylic acids is 1. The monoisotopic (exact) mass is 359 g/mol. The molecule has 0 spiro atoms. The molecule has 0 unspecified atom stereocenters. The van der Waals surface area contributed by atoms with Gasteiger partial charge < -0.3 is 20.6 Å². The summed E-state index contributed by atoms with van der Waals surface area (Å²) < 4.78 is 0. The topological polar surface area (TPSA) is 116 Å². The average Bonchev–Trinajstić information content (AvgIpc) is 3.07. The van der Waals surface area contributed by atoms with Gasteiger partial charge in [-0.15, -0.1) is 0 Å². The van der Waals surface area contributed by atoms with Crippen molar-refractivity contribution in [1.29, 1.82) is 0 Å². The molecule has 0 aromatic heterocycles. The minimum atomic E-state index is -0.834. The van der Waals surface area contributed by atoms with Crippen molar-refractivity contribution in [2.75, 3.05) is 16.8 Å². The summed E-state index contributed by atoms with van der Waals surface area (Å²) in [6.45, 7) is -0.0691. The van der Waals surface area contributed by atoms with Gasteiger partial charge in [0.25, 0.3) is 0 Å². The van der Waals surface area contributed by atoms with E-state index in [1.165, 1.54) is 4.90 Å². The molecule has 1 saturated carbocycles. The van der Waals surface area contributed by atoms with E-state index in [1.54, 1.807) is 24.3 Å². The number of carboxylic acid groups (broad SMARTS) is 1. The molecule has 1 aliphatic heterocycles. The molecule has 1 fully saturated rings. The third-order valence-corrected chi connectivity index (χ3v) is 4.78. The third-order valence-electron chi connectivity index (χ3n) is 4.78. The predicted octanol–water partition coefficient (Wildman–Crippen LogP) is 1.12. The van der Waals surface area contributed by atoms with Crippen LogP contribution in [0.1, 0.15) is 32.1 Å². The van der Waals surface area contributed by atoms with E-state index in [4.69, 9.17) is 5.11 Å². The molecule has 2 atom stereocenters. The lowest BCUT2D eigenvalue weighted by Gasteiger charge is -2.29. The Morgan fingerprint density at radius 2 is 1.96 bits per heavy atom. The van der Waals surface area contributed by atoms with Crippen LogP contribution in [-0.4, -0.2) is 41.4 Å². The SMILES string of the molecule is O=C1CN(C(=O)CCC(=O)N[C@H]2CC[C@@H](C(=O)O)C2)c2ccccc2N1. The highest BCUT2D eigenvalue weighted by Gasteiger charge is 2.31. The number of para-hydroxylation sites is 2. The first-order valence-electron chi connectivity index (χ1n) is 8.65. The summed E-state index contributed by atoms with van der Waals surface area (Å²) in [6.07, 6.45) is 1.61. The van der Waals surface area contributed by atoms with Gasteiger partial charge in [-0.3, -0.25) is 19.2 Å². The fourth-order valence-corrected chi connectivity index (χ4v) is 3.45. The first kappa shape index (κ1) is 17.9. The lowest BCUT2D eigenvalue weighted by atomic mass is 10.1. The molecule has 1 heterocycles. The number of amides is 3. The molecular weight excluding hydrogens is 338 g/mol. The van der Waals surface area contributed by atoms with Crippen LogP contribution in [0.15, 0.2) is 24.3 Å². The van der Waals surface area contributed by atoms with Gasteiger partial charge in [-0.05, 0) is 31.4 Å². The zero-order valence-electron chi connectivity index (χ0n) is 14.2. The van der Waals surface area contributed by atoms with Gasteiger partial charge >= 0.3 is 5.97 Å². The molecule has 0 saturated heterocycles. The Morgan fingerprint density at radius 3 is 2.69 bits per heavy atom. The number of hydrogen-bond acceptors (Lipinski definition) is 4. The number of rotatable bonds is 5. The van der Waals surface area contributed by atoms with Crippen LogP contribution in [0.25, 0.3) is 0 Å². The molecule has 8 nitrogen and oxygen atoms in total. The van der Waals surface area contributed by atoms with Gasteiger partial charge in [0, 0.05) is 18.9 Å². The lowest BCUT2D eigenvalue weighted by Crippen LogP contribution is -2.42. The summed E-state index contributed by atoms with van der Waals surface area (Å²) >= 11 is 0. The second-order valence-electron chi connectivity index (χ2n) is 6.66. The highest BCUT2D eigenvalue weighted by Crippen LogP contribution is 2.29. The molecule has 0 radical (unpaired) electrons. The number of carbonyl (C=O) groups excluding carboxylic acids is 3. The standard InChI is InChI=1S/C18H21N3O5/c22-15(19-12-6-5-11(9-12)18(25)26)7-8-17(24)21-10-16(23)20-13-3-1-2-4-14(13)21/h1-4,11-12H,5-10H2,(H,19,22)(H,20,23)(H,25,26)/t11-,12+/m1/s1. The molecule has 26 heavy (non-hydrogen) atoms. The number of hydrogen-bond donors (Lipinski definition) is 3. The molecule has 0 bridgehead atoms. The maximum absolute atomic E-state index is 12.5. The second kappa shape index (κ2) is 7.55. The van der Waals surface area contributed by atoms with E-state index in [0.717, 1.165) is 0 Å². The van der Waals surface area contributed by atoms with Gasteiger partial charge in [0.1, 0.15) is 6.54 Å². The molecule has 1 aliphatic carbocycles. The summed E-state index contributed by atoms with van der Waals surface area (Å²) in [6, 6.07) is 6.87. The molecule has 1 aromatic carbocycles. The molecule has 3 amide bonds. The Bertz CT molecular complexity index is 748. The zero-order valence-corrected chi connectivity index (χ0v) is 14.2. The molecular formula is C18H21N3O5. The first-order valence-corrected chi connectivity index (χ1v) is 8.65. The van der Waals surface area contributed by atoms with Crippen LogP contribution in [0.5, 0.6) is 0 Å². The average molecular weight is 359 g/mol. The molecule has 138 valence electrons. The molecule has 3 N–H and O–H groups in total. The number of fused-ring (bicyclic) bond motifs is 1. The van der Waals surface area contributed by atoms with Gasteiger partial charge in [-0.1, -0.05) is 12.1 Å². The summed E-state index contributed by atoms with van der Waals surface area (Å²) in [5.41, 5.74) is 1.20. The Kier molecular flexibility index (Phi) is 5.20. The van der Waals surface area contributed by atoms with Crippen LogP contribution in [0.4, 0.5) is 11.4 Å². The van der Waals surface area contributed by atoms with Crippen molar-refractivity contribution in [3.63, 3.8) is 0 Å². The molecule has 8 heteroatoms. The van der Waals surface area contributed by atoms with Gasteiger partial charge in [-0.2, -0.15) is 0 Å². The van der Waals surface area contributed by atoms with E-state index >= 15 is 0 Å². The van der Waals surface area contributed by atoms with Crippen molar-refractivity contribution in [1.82, 2.24) is 5.32 Å². The van der Waals surface area contributed by atoms with Gasteiger partial charge in [0.2, 0.25) is 17.7 Å². The number of nitrogens with zero attached hydrogens (tertiary/aromatic N) is 1. The minimum absolute atomic E-state index is 0.00730. The van der Waals surface area contributed by atoms with Crippen LogP contribution < -0.4 is 15.5 Å². The summed E-state index contributed by atoms with van der Waals surface area (Å²) in [5.74, 6) is -2.09. The molecule has 1 aromatic rings. The maximum atomic E-state index is 12.5. The first-order chi connectivity index (χ1) is 12.4. The smallest absolute Gasteiger partial charge is 0.306 e. The van der Waals surface area contributed by atoms with E-state index in [2.05, 4.69) is 10.6 Å². The van der Waals surface area contributed by atoms with Crippen molar-refractivity contribution in [2.45, 2.75) is 38.1 Å². The Morgan fingerprint density at radius 1 is 1.19 bits per heavy atom. The molecule has 2 aliphatic rings. The number of aliphatic carboxylic acids is 1. The van der Waals surface area contributed by atoms with E-state index in [1.807, 2.05) is 0 Å². The van der Waals surface area contributed by atoms with Gasteiger partial charge in [0.15, 0.2) is 0 Å². The molecule has 3 rings (SSSR count). The van der Waals surface area contributed by atoms with E-state index in [9.17, 15) is 19.2 Å². The summed E-state index contributed by atoms with van der Waals surface area (Å²) in [5, 5.41) is 14.5. The van der Waals surface area contributed by atoms with Crippen molar-refractivity contribution in [2.24, 2.45) is 5.92 Å². The van der Waals surface area contributed by atoms with Crippen LogP contribution in [0, 0.1) is 5.92 Å². The largest absolute Gasteiger partial charge is 0.481 e. The van der Waals surface area contributed by atoms with Gasteiger partial charge in [-0.25, -0.2) is 0 Å². The van der Waals surface area contributed by atoms with E-state index in [-0.39, 0.29) is 43.1 Å². The van der Waals surface area contributed by atoms with E-state index in [0.29, 0.717) is 30.6 Å². The second-order valence-corrected chi connectivity index (χ2v) is 6.66. The number of anilines is 2. The van der Waals surface area contributed by atoms with Crippen molar-refractivity contribution >= 4 is 35.1 Å². The van der Waals surface area contributed by atoms with Crippen LogP contribution in [0.2, 0.25) is 0 Å². The summed E-state index contributed by atoms with van der Waals surface area (Å²) in [7, 11) is 0. The highest BCUT2D eigenvalue weighted by atomic mass is 16.4. The number of carbonyl (C=O) groups is 4. The Hall–Kier alpha value is -2.90. The van der Waals surface area contributed by atoms with E-state index < -0.39 is 11.9 Å². The normalized spacial score (nSPS) is 21.7. The van der Waals surface area contributed by atoms with Crippen molar-refractivity contribution in [3.05, 3.63) is 24.3 Å². The van der Waals surface area contributed by atoms with Crippen molar-refractivity contribution in [3.8, 4) is 0 Å². The number of benzene rings is 1. The highest BCUT2D eigenvalue weighted by molar-refractivity contribution is 6.10. The van der Waals surface area contributed by atoms with Gasteiger partial charge in [0.05, 0.1) is 17.3 Å². The zero-order chi connectivity index (χ0) is 18.7. The summed E-state index contributed by atoms with van der Waals surface area (Å²) in [4.78, 5) is 48.6. The van der Waals surface area contributed by atoms with Crippen LogP contribution >= 0.6 is 0 Å². The van der Waals surface area contributed by atoms with Crippen LogP contribution in [0.3, 0.4) is 0 Å². The quantitative estimate of drug-likeness (QED) is 0.729. The fraction of sp³-hybridized carbons (Fsp3) is 0.444.